The molecular weight excluding hydrogens is 145 g/mol. The highest BCUT2D eigenvalue weighted by atomic mass is 31.2. The monoisotopic (exact) mass is 163 g/mol. The van der Waals surface area contributed by atoms with Gasteiger partial charge in [0.2, 0.25) is 0 Å². The fraction of sp³-hybridized carbons (Fsp3) is 1.00. The Morgan fingerprint density at radius 3 is 2.50 bits per heavy atom. The van der Waals surface area contributed by atoms with Crippen molar-refractivity contribution in [1.82, 2.24) is 0 Å². The molecule has 0 aliphatic heterocycles. The number of hydrogen-bond donors (Lipinski definition) is 1. The summed E-state index contributed by atoms with van der Waals surface area (Å²) in [5.41, 5.74) is 5.45. The Balaban J connectivity index is 2.91. The van der Waals surface area contributed by atoms with Gasteiger partial charge in [-0.05, 0) is 25.4 Å². The zero-order valence-electron chi connectivity index (χ0n) is 7.13. The van der Waals surface area contributed by atoms with Crippen LogP contribution in [0.25, 0.3) is 0 Å². The Morgan fingerprint density at radius 1 is 1.50 bits per heavy atom. The highest BCUT2D eigenvalue weighted by molar-refractivity contribution is 7.48. The van der Waals surface area contributed by atoms with E-state index in [0.29, 0.717) is 0 Å². The lowest BCUT2D eigenvalue weighted by atomic mass is 10.1. The average Bonchev–Trinajstić information content (AvgIpc) is 1.79. The van der Waals surface area contributed by atoms with E-state index in [2.05, 4.69) is 13.8 Å². The van der Waals surface area contributed by atoms with Crippen LogP contribution in [-0.4, -0.2) is 13.3 Å². The van der Waals surface area contributed by atoms with E-state index in [9.17, 15) is 0 Å². The molecule has 0 spiro atoms. The highest BCUT2D eigenvalue weighted by Gasteiger charge is 1.95. The van der Waals surface area contributed by atoms with Crippen molar-refractivity contribution in [3.05, 3.63) is 0 Å². The Kier molecular flexibility index (Phi) is 6.30. The summed E-state index contributed by atoms with van der Waals surface area (Å²) in [4.78, 5) is 0. The molecule has 3 heteroatoms. The molecule has 0 rings (SSSR count). The SMILES string of the molecule is CC(C)CCCOP(C)N. The minimum atomic E-state index is -0.631. The van der Waals surface area contributed by atoms with Crippen LogP contribution in [0.2, 0.25) is 0 Å². The molecule has 1 atom stereocenters. The first-order valence-electron chi connectivity index (χ1n) is 3.74. The van der Waals surface area contributed by atoms with Crippen LogP contribution in [0.5, 0.6) is 0 Å². The van der Waals surface area contributed by atoms with E-state index in [4.69, 9.17) is 10.0 Å². The second-order valence-electron chi connectivity index (χ2n) is 2.92. The molecule has 2 nitrogen and oxygen atoms in total. The van der Waals surface area contributed by atoms with Crippen molar-refractivity contribution in [3.63, 3.8) is 0 Å². The minimum Gasteiger partial charge on any atom is -0.344 e. The van der Waals surface area contributed by atoms with Crippen LogP contribution in [0.3, 0.4) is 0 Å². The van der Waals surface area contributed by atoms with Gasteiger partial charge >= 0.3 is 0 Å². The molecule has 0 aromatic heterocycles. The van der Waals surface area contributed by atoms with E-state index in [1.165, 1.54) is 6.42 Å². The van der Waals surface area contributed by atoms with Gasteiger partial charge in [0, 0.05) is 0 Å². The molecule has 0 saturated carbocycles. The van der Waals surface area contributed by atoms with Crippen molar-refractivity contribution in [2.45, 2.75) is 26.7 Å². The van der Waals surface area contributed by atoms with Gasteiger partial charge in [-0.3, -0.25) is 5.50 Å². The van der Waals surface area contributed by atoms with Crippen LogP contribution in [0.4, 0.5) is 0 Å². The standard InChI is InChI=1S/C7H18NOP/c1-7(2)5-4-6-9-10(3)8/h7H,4-6,8H2,1-3H3. The van der Waals surface area contributed by atoms with Crippen LogP contribution < -0.4 is 5.50 Å². The molecule has 0 aromatic rings. The lowest BCUT2D eigenvalue weighted by molar-refractivity contribution is 0.329. The maximum Gasteiger partial charge on any atom is 0.0950 e. The third kappa shape index (κ3) is 8.35. The second-order valence-corrected chi connectivity index (χ2v) is 4.27. The van der Waals surface area contributed by atoms with E-state index < -0.39 is 8.30 Å². The van der Waals surface area contributed by atoms with Crippen LogP contribution in [-0.2, 0) is 4.52 Å². The van der Waals surface area contributed by atoms with E-state index in [0.717, 1.165) is 18.9 Å². The molecule has 0 aliphatic rings. The molecule has 0 saturated heterocycles. The van der Waals surface area contributed by atoms with E-state index >= 15 is 0 Å². The van der Waals surface area contributed by atoms with Gasteiger partial charge in [0.05, 0.1) is 14.9 Å². The zero-order chi connectivity index (χ0) is 7.98. The van der Waals surface area contributed by atoms with Gasteiger partial charge in [-0.1, -0.05) is 13.8 Å². The van der Waals surface area contributed by atoms with Crippen LogP contribution in [0, 0.1) is 5.92 Å². The maximum atomic E-state index is 5.45. The third-order valence-electron chi connectivity index (χ3n) is 1.22. The molecular formula is C7H18NOP. The topological polar surface area (TPSA) is 35.2 Å². The third-order valence-corrected chi connectivity index (χ3v) is 1.81. The summed E-state index contributed by atoms with van der Waals surface area (Å²) >= 11 is 0. The lowest BCUT2D eigenvalue weighted by Crippen LogP contribution is -1.96. The van der Waals surface area contributed by atoms with Crippen molar-refractivity contribution >= 4 is 8.30 Å². The first kappa shape index (κ1) is 10.3. The Morgan fingerprint density at radius 2 is 2.10 bits per heavy atom. The van der Waals surface area contributed by atoms with Gasteiger partial charge < -0.3 is 4.52 Å². The molecule has 0 amide bonds. The van der Waals surface area contributed by atoms with Gasteiger partial charge in [0.25, 0.3) is 0 Å². The predicted octanol–water partition coefficient (Wildman–Crippen LogP) is 2.34. The zero-order valence-corrected chi connectivity index (χ0v) is 8.03. The highest BCUT2D eigenvalue weighted by Crippen LogP contribution is 2.20. The van der Waals surface area contributed by atoms with Gasteiger partial charge in [-0.25, -0.2) is 0 Å². The molecule has 0 aromatic carbocycles. The largest absolute Gasteiger partial charge is 0.344 e. The normalized spacial score (nSPS) is 14.1. The maximum absolute atomic E-state index is 5.45. The van der Waals surface area contributed by atoms with E-state index in [1.54, 1.807) is 0 Å². The molecule has 0 bridgehead atoms. The number of nitrogens with two attached hydrogens (primary N) is 1. The summed E-state index contributed by atoms with van der Waals surface area (Å²) in [6, 6.07) is 0. The molecule has 0 radical (unpaired) electrons. The first-order valence-corrected chi connectivity index (χ1v) is 5.52. The number of hydrogen-bond acceptors (Lipinski definition) is 2. The van der Waals surface area contributed by atoms with Crippen molar-refractivity contribution < 1.29 is 4.52 Å². The summed E-state index contributed by atoms with van der Waals surface area (Å²) in [5, 5.41) is 0. The average molecular weight is 163 g/mol. The fourth-order valence-corrected chi connectivity index (χ4v) is 1.12. The van der Waals surface area contributed by atoms with Gasteiger partial charge in [0.15, 0.2) is 0 Å². The van der Waals surface area contributed by atoms with Crippen molar-refractivity contribution in [3.8, 4) is 0 Å². The van der Waals surface area contributed by atoms with Crippen LogP contribution >= 0.6 is 8.30 Å². The van der Waals surface area contributed by atoms with E-state index in [1.807, 2.05) is 6.66 Å². The van der Waals surface area contributed by atoms with Crippen molar-refractivity contribution in [2.75, 3.05) is 13.3 Å². The van der Waals surface area contributed by atoms with E-state index in [-0.39, 0.29) is 0 Å². The molecule has 0 fully saturated rings. The quantitative estimate of drug-likeness (QED) is 0.498. The van der Waals surface area contributed by atoms with Gasteiger partial charge in [-0.2, -0.15) is 0 Å². The summed E-state index contributed by atoms with van der Waals surface area (Å²) in [7, 11) is -0.631. The Bertz CT molecular complexity index is 66.0. The summed E-state index contributed by atoms with van der Waals surface area (Å²) in [6.45, 7) is 7.19. The fourth-order valence-electron chi connectivity index (χ4n) is 0.700. The van der Waals surface area contributed by atoms with Crippen LogP contribution in [0.15, 0.2) is 0 Å². The van der Waals surface area contributed by atoms with Crippen LogP contribution in [0.1, 0.15) is 26.7 Å². The smallest absolute Gasteiger partial charge is 0.0950 e. The van der Waals surface area contributed by atoms with Gasteiger partial charge in [0.1, 0.15) is 0 Å². The predicted molar refractivity (Wildman–Crippen MR) is 47.1 cm³/mol. The lowest BCUT2D eigenvalue weighted by Gasteiger charge is -2.07. The molecule has 1 unspecified atom stereocenters. The molecule has 10 heavy (non-hydrogen) atoms. The first-order chi connectivity index (χ1) is 4.63. The number of rotatable bonds is 5. The Hall–Kier alpha value is 0.350. The molecule has 2 N–H and O–H groups in total. The van der Waals surface area contributed by atoms with Crippen molar-refractivity contribution in [2.24, 2.45) is 11.4 Å². The molecule has 0 aliphatic carbocycles. The summed E-state index contributed by atoms with van der Waals surface area (Å²) < 4.78 is 5.23. The molecule has 62 valence electrons. The van der Waals surface area contributed by atoms with Crippen molar-refractivity contribution in [1.29, 1.82) is 0 Å². The summed E-state index contributed by atoms with van der Waals surface area (Å²) in [6.07, 6.45) is 2.38. The Labute approximate surface area is 65.0 Å². The van der Waals surface area contributed by atoms with Gasteiger partial charge in [-0.15, -0.1) is 0 Å². The summed E-state index contributed by atoms with van der Waals surface area (Å²) in [5.74, 6) is 0.782. The molecule has 0 heterocycles. The minimum absolute atomic E-state index is 0.631. The second kappa shape index (κ2) is 6.09.